The first-order chi connectivity index (χ1) is 8.18. The van der Waals surface area contributed by atoms with E-state index in [1.165, 1.54) is 22.3 Å². The SMILES string of the molecule is CC(=O)c1ccc2c(c1)C(C)c1ccccc1-2. The molecule has 2 aromatic carbocycles. The van der Waals surface area contributed by atoms with Gasteiger partial charge in [0, 0.05) is 11.5 Å². The van der Waals surface area contributed by atoms with E-state index in [4.69, 9.17) is 0 Å². The van der Waals surface area contributed by atoms with Crippen molar-refractivity contribution in [3.8, 4) is 11.1 Å². The molecule has 0 saturated heterocycles. The molecule has 84 valence electrons. The van der Waals surface area contributed by atoms with E-state index in [-0.39, 0.29) is 5.78 Å². The van der Waals surface area contributed by atoms with Crippen LogP contribution in [-0.4, -0.2) is 5.78 Å². The van der Waals surface area contributed by atoms with Gasteiger partial charge in [0.1, 0.15) is 0 Å². The molecule has 1 aliphatic carbocycles. The summed E-state index contributed by atoms with van der Waals surface area (Å²) in [6.45, 7) is 3.82. The second-order valence-electron chi connectivity index (χ2n) is 4.67. The Kier molecular flexibility index (Phi) is 2.15. The molecule has 0 fully saturated rings. The summed E-state index contributed by atoms with van der Waals surface area (Å²) in [5, 5.41) is 0. The Hall–Kier alpha value is -1.89. The molecule has 2 aromatic rings. The van der Waals surface area contributed by atoms with Gasteiger partial charge in [0.05, 0.1) is 0 Å². The largest absolute Gasteiger partial charge is 0.295 e. The second-order valence-corrected chi connectivity index (χ2v) is 4.67. The van der Waals surface area contributed by atoms with E-state index in [9.17, 15) is 4.79 Å². The smallest absolute Gasteiger partial charge is 0.159 e. The molecule has 1 aliphatic rings. The van der Waals surface area contributed by atoms with Crippen molar-refractivity contribution in [1.82, 2.24) is 0 Å². The number of carbonyl (C=O) groups is 1. The van der Waals surface area contributed by atoms with Crippen LogP contribution in [0.15, 0.2) is 42.5 Å². The van der Waals surface area contributed by atoms with E-state index in [1.807, 2.05) is 12.1 Å². The van der Waals surface area contributed by atoms with Crippen molar-refractivity contribution in [3.63, 3.8) is 0 Å². The lowest BCUT2D eigenvalue weighted by Gasteiger charge is -2.06. The number of ketones is 1. The molecular formula is C16H14O. The minimum absolute atomic E-state index is 0.135. The zero-order chi connectivity index (χ0) is 12.0. The molecule has 3 rings (SSSR count). The topological polar surface area (TPSA) is 17.1 Å². The first-order valence-electron chi connectivity index (χ1n) is 5.92. The average molecular weight is 222 g/mol. The molecule has 0 amide bonds. The highest BCUT2D eigenvalue weighted by Gasteiger charge is 2.25. The highest BCUT2D eigenvalue weighted by molar-refractivity contribution is 5.95. The Balaban J connectivity index is 2.24. The van der Waals surface area contributed by atoms with Crippen molar-refractivity contribution < 1.29 is 4.79 Å². The molecular weight excluding hydrogens is 208 g/mol. The van der Waals surface area contributed by atoms with E-state index in [0.717, 1.165) is 5.56 Å². The summed E-state index contributed by atoms with van der Waals surface area (Å²) >= 11 is 0. The zero-order valence-electron chi connectivity index (χ0n) is 10.0. The van der Waals surface area contributed by atoms with E-state index in [0.29, 0.717) is 5.92 Å². The molecule has 1 unspecified atom stereocenters. The highest BCUT2D eigenvalue weighted by Crippen LogP contribution is 2.44. The maximum Gasteiger partial charge on any atom is 0.159 e. The van der Waals surface area contributed by atoms with Gasteiger partial charge in [0.25, 0.3) is 0 Å². The summed E-state index contributed by atoms with van der Waals surface area (Å²) in [5.41, 5.74) is 6.04. The van der Waals surface area contributed by atoms with Crippen molar-refractivity contribution in [2.24, 2.45) is 0 Å². The summed E-state index contributed by atoms with van der Waals surface area (Å²) < 4.78 is 0. The lowest BCUT2D eigenvalue weighted by molar-refractivity contribution is 0.101. The number of fused-ring (bicyclic) bond motifs is 3. The molecule has 0 N–H and O–H groups in total. The second kappa shape index (κ2) is 3.56. The van der Waals surface area contributed by atoms with Crippen LogP contribution in [0.2, 0.25) is 0 Å². The lowest BCUT2D eigenvalue weighted by Crippen LogP contribution is -1.95. The summed E-state index contributed by atoms with van der Waals surface area (Å²) in [6.07, 6.45) is 0. The molecule has 0 aliphatic heterocycles. The normalized spacial score (nSPS) is 16.5. The fourth-order valence-corrected chi connectivity index (χ4v) is 2.67. The molecule has 0 aromatic heterocycles. The minimum atomic E-state index is 0.135. The maximum absolute atomic E-state index is 11.4. The third-order valence-electron chi connectivity index (χ3n) is 3.64. The maximum atomic E-state index is 11.4. The van der Waals surface area contributed by atoms with Crippen molar-refractivity contribution in [2.45, 2.75) is 19.8 Å². The number of carbonyl (C=O) groups excluding carboxylic acids is 1. The Morgan fingerprint density at radius 3 is 2.47 bits per heavy atom. The monoisotopic (exact) mass is 222 g/mol. The van der Waals surface area contributed by atoms with Gasteiger partial charge in [0.15, 0.2) is 5.78 Å². The van der Waals surface area contributed by atoms with Crippen LogP contribution in [0.5, 0.6) is 0 Å². The minimum Gasteiger partial charge on any atom is -0.295 e. The molecule has 1 heteroatoms. The Bertz CT molecular complexity index is 611. The predicted molar refractivity (Wildman–Crippen MR) is 69.4 cm³/mol. The third kappa shape index (κ3) is 1.42. The number of benzene rings is 2. The molecule has 1 atom stereocenters. The molecule has 0 heterocycles. The van der Waals surface area contributed by atoms with Crippen molar-refractivity contribution in [3.05, 3.63) is 59.2 Å². The van der Waals surface area contributed by atoms with Crippen LogP contribution in [0.25, 0.3) is 11.1 Å². The molecule has 0 spiro atoms. The summed E-state index contributed by atoms with van der Waals surface area (Å²) in [6, 6.07) is 14.5. The predicted octanol–water partition coefficient (Wildman–Crippen LogP) is 4.02. The van der Waals surface area contributed by atoms with E-state index in [1.54, 1.807) is 6.92 Å². The van der Waals surface area contributed by atoms with Gasteiger partial charge in [-0.3, -0.25) is 4.79 Å². The number of hydrogen-bond donors (Lipinski definition) is 0. The first-order valence-corrected chi connectivity index (χ1v) is 5.92. The van der Waals surface area contributed by atoms with Crippen LogP contribution >= 0.6 is 0 Å². The fraction of sp³-hybridized carbons (Fsp3) is 0.188. The number of hydrogen-bond acceptors (Lipinski definition) is 1. The zero-order valence-corrected chi connectivity index (χ0v) is 10.0. The number of Topliss-reactive ketones (excluding diaryl/α,β-unsaturated/α-hetero) is 1. The molecule has 0 radical (unpaired) electrons. The van der Waals surface area contributed by atoms with Gasteiger partial charge in [-0.15, -0.1) is 0 Å². The Labute approximate surface area is 101 Å². The van der Waals surface area contributed by atoms with Gasteiger partial charge >= 0.3 is 0 Å². The Morgan fingerprint density at radius 1 is 1.00 bits per heavy atom. The van der Waals surface area contributed by atoms with E-state index >= 15 is 0 Å². The molecule has 1 nitrogen and oxygen atoms in total. The summed E-state index contributed by atoms with van der Waals surface area (Å²) in [5.74, 6) is 0.524. The van der Waals surface area contributed by atoms with Gasteiger partial charge in [-0.1, -0.05) is 43.3 Å². The van der Waals surface area contributed by atoms with Gasteiger partial charge in [-0.2, -0.15) is 0 Å². The quantitative estimate of drug-likeness (QED) is 0.666. The average Bonchev–Trinajstić information content (AvgIpc) is 2.64. The summed E-state index contributed by atoms with van der Waals surface area (Å²) in [7, 11) is 0. The van der Waals surface area contributed by atoms with Crippen molar-refractivity contribution >= 4 is 5.78 Å². The molecule has 17 heavy (non-hydrogen) atoms. The van der Waals surface area contributed by atoms with Crippen LogP contribution in [0.3, 0.4) is 0 Å². The highest BCUT2D eigenvalue weighted by atomic mass is 16.1. The first kappa shape index (κ1) is 10.3. The van der Waals surface area contributed by atoms with E-state index < -0.39 is 0 Å². The van der Waals surface area contributed by atoms with Crippen molar-refractivity contribution in [1.29, 1.82) is 0 Å². The van der Waals surface area contributed by atoms with Crippen molar-refractivity contribution in [2.75, 3.05) is 0 Å². The van der Waals surface area contributed by atoms with Crippen LogP contribution in [-0.2, 0) is 0 Å². The van der Waals surface area contributed by atoms with Gasteiger partial charge in [0.2, 0.25) is 0 Å². The molecule has 0 bridgehead atoms. The number of rotatable bonds is 1. The Morgan fingerprint density at radius 2 is 1.71 bits per heavy atom. The van der Waals surface area contributed by atoms with Crippen LogP contribution in [0.1, 0.15) is 41.3 Å². The third-order valence-corrected chi connectivity index (χ3v) is 3.64. The van der Waals surface area contributed by atoms with Crippen LogP contribution in [0, 0.1) is 0 Å². The van der Waals surface area contributed by atoms with Crippen LogP contribution in [0.4, 0.5) is 0 Å². The summed E-state index contributed by atoms with van der Waals surface area (Å²) in [4.78, 5) is 11.4. The van der Waals surface area contributed by atoms with Gasteiger partial charge in [-0.25, -0.2) is 0 Å². The standard InChI is InChI=1S/C16H14O/c1-10-13-5-3-4-6-14(13)15-8-7-12(11(2)17)9-16(10)15/h3-10H,1-2H3. The fourth-order valence-electron chi connectivity index (χ4n) is 2.67. The van der Waals surface area contributed by atoms with Gasteiger partial charge < -0.3 is 0 Å². The van der Waals surface area contributed by atoms with Crippen LogP contribution < -0.4 is 0 Å². The molecule has 0 saturated carbocycles. The van der Waals surface area contributed by atoms with Gasteiger partial charge in [-0.05, 0) is 35.2 Å². The lowest BCUT2D eigenvalue weighted by atomic mass is 9.97. The van der Waals surface area contributed by atoms with E-state index in [2.05, 4.69) is 37.3 Å².